The van der Waals surface area contributed by atoms with Crippen LogP contribution >= 0.6 is 0 Å². The number of carboxylic acid groups (broad SMARTS) is 1. The molecule has 0 radical (unpaired) electrons. The second-order valence-electron chi connectivity index (χ2n) is 6.87. The number of amides is 1. The molecule has 2 N–H and O–H groups in total. The Balaban J connectivity index is 1.56. The van der Waals surface area contributed by atoms with E-state index in [4.69, 9.17) is 4.74 Å². The van der Waals surface area contributed by atoms with E-state index in [2.05, 4.69) is 5.32 Å². The number of hydrogen-bond donors (Lipinski definition) is 2. The van der Waals surface area contributed by atoms with Crippen LogP contribution in [-0.4, -0.2) is 54.7 Å². The molecule has 0 bridgehead atoms. The van der Waals surface area contributed by atoms with Gasteiger partial charge in [-0.1, -0.05) is 24.3 Å². The Hall–Kier alpha value is -1.92. The summed E-state index contributed by atoms with van der Waals surface area (Å²) in [5.41, 5.74) is 1.39. The van der Waals surface area contributed by atoms with E-state index in [-0.39, 0.29) is 25.0 Å². The van der Waals surface area contributed by atoms with Crippen LogP contribution in [0.3, 0.4) is 0 Å². The molecule has 2 aliphatic heterocycles. The molecule has 0 unspecified atom stereocenters. The van der Waals surface area contributed by atoms with E-state index >= 15 is 0 Å². The normalized spacial score (nSPS) is 26.8. The average molecular weight is 332 g/mol. The Morgan fingerprint density at radius 3 is 2.92 bits per heavy atom. The second kappa shape index (κ2) is 6.91. The van der Waals surface area contributed by atoms with Gasteiger partial charge < -0.3 is 15.2 Å². The Kier molecular flexibility index (Phi) is 4.87. The maximum absolute atomic E-state index is 12.2. The number of benzene rings is 1. The zero-order valence-electron chi connectivity index (χ0n) is 14.0. The number of nitrogens with zero attached hydrogens (tertiary/aromatic N) is 1. The highest BCUT2D eigenvalue weighted by Crippen LogP contribution is 2.41. The van der Waals surface area contributed by atoms with Crippen molar-refractivity contribution < 1.29 is 19.4 Å². The smallest absolute Gasteiger partial charge is 0.313 e. The molecular formula is C18H24N2O4. The van der Waals surface area contributed by atoms with Crippen molar-refractivity contribution in [1.29, 1.82) is 0 Å². The molecule has 130 valence electrons. The summed E-state index contributed by atoms with van der Waals surface area (Å²) in [5, 5.41) is 12.6. The van der Waals surface area contributed by atoms with Gasteiger partial charge in [0, 0.05) is 26.2 Å². The number of likely N-dealkylation sites (tertiary alicyclic amines) is 1. The molecule has 0 spiro atoms. The first kappa shape index (κ1) is 16.9. The molecule has 6 heteroatoms. The van der Waals surface area contributed by atoms with Gasteiger partial charge in [0.1, 0.15) is 5.41 Å². The maximum Gasteiger partial charge on any atom is 0.313 e. The molecule has 2 saturated heterocycles. The number of carbonyl (C=O) groups is 2. The minimum absolute atomic E-state index is 0.0629. The molecule has 0 saturated carbocycles. The fourth-order valence-corrected chi connectivity index (χ4v) is 3.78. The largest absolute Gasteiger partial charge is 0.481 e. The molecule has 2 atom stereocenters. The highest BCUT2D eigenvalue weighted by molar-refractivity contribution is 5.79. The van der Waals surface area contributed by atoms with Crippen molar-refractivity contribution in [3.63, 3.8) is 0 Å². The summed E-state index contributed by atoms with van der Waals surface area (Å²) in [6, 6.07) is 7.94. The SMILES string of the molecule is Cc1ccccc1CNC(=O)CN1C[C@@H]2CCOC[C@]2(C(=O)O)C1. The summed E-state index contributed by atoms with van der Waals surface area (Å²) in [4.78, 5) is 25.9. The third-order valence-electron chi connectivity index (χ3n) is 5.27. The number of carbonyl (C=O) groups excluding carboxylic acids is 1. The quantitative estimate of drug-likeness (QED) is 0.842. The van der Waals surface area contributed by atoms with E-state index in [1.165, 1.54) is 0 Å². The topological polar surface area (TPSA) is 78.9 Å². The average Bonchev–Trinajstić information content (AvgIpc) is 2.93. The van der Waals surface area contributed by atoms with Crippen LogP contribution in [0.4, 0.5) is 0 Å². The first-order chi connectivity index (χ1) is 11.5. The number of aliphatic carboxylic acids is 1. The lowest BCUT2D eigenvalue weighted by molar-refractivity contribution is -0.160. The van der Waals surface area contributed by atoms with E-state index in [9.17, 15) is 14.7 Å². The molecule has 0 aliphatic carbocycles. The molecule has 1 aromatic rings. The number of rotatable bonds is 5. The predicted molar refractivity (Wildman–Crippen MR) is 88.5 cm³/mol. The van der Waals surface area contributed by atoms with Crippen molar-refractivity contribution in [2.24, 2.45) is 11.3 Å². The summed E-state index contributed by atoms with van der Waals surface area (Å²) >= 11 is 0. The highest BCUT2D eigenvalue weighted by Gasteiger charge is 2.54. The monoisotopic (exact) mass is 332 g/mol. The Morgan fingerprint density at radius 2 is 2.21 bits per heavy atom. The number of fused-ring (bicyclic) bond motifs is 1. The zero-order chi connectivity index (χ0) is 17.2. The molecule has 3 rings (SSSR count). The minimum atomic E-state index is -0.853. The number of nitrogens with one attached hydrogen (secondary N) is 1. The van der Waals surface area contributed by atoms with Crippen LogP contribution in [0.5, 0.6) is 0 Å². The van der Waals surface area contributed by atoms with Crippen molar-refractivity contribution in [2.75, 3.05) is 32.8 Å². The molecule has 6 nitrogen and oxygen atoms in total. The van der Waals surface area contributed by atoms with Gasteiger partial charge in [0.15, 0.2) is 0 Å². The highest BCUT2D eigenvalue weighted by atomic mass is 16.5. The minimum Gasteiger partial charge on any atom is -0.481 e. The summed E-state index contributed by atoms with van der Waals surface area (Å²) in [6.45, 7) is 4.62. The first-order valence-electron chi connectivity index (χ1n) is 8.36. The molecule has 1 amide bonds. The fraction of sp³-hybridized carbons (Fsp3) is 0.556. The van der Waals surface area contributed by atoms with Gasteiger partial charge in [-0.15, -0.1) is 0 Å². The fourth-order valence-electron chi connectivity index (χ4n) is 3.78. The van der Waals surface area contributed by atoms with Crippen LogP contribution in [0.25, 0.3) is 0 Å². The van der Waals surface area contributed by atoms with Crippen LogP contribution < -0.4 is 5.32 Å². The van der Waals surface area contributed by atoms with Gasteiger partial charge in [-0.05, 0) is 30.4 Å². The van der Waals surface area contributed by atoms with Gasteiger partial charge in [0.25, 0.3) is 0 Å². The third-order valence-corrected chi connectivity index (χ3v) is 5.27. The van der Waals surface area contributed by atoms with Crippen LogP contribution in [0, 0.1) is 18.3 Å². The number of aryl methyl sites for hydroxylation is 1. The van der Waals surface area contributed by atoms with E-state index in [1.807, 2.05) is 36.1 Å². The van der Waals surface area contributed by atoms with E-state index in [0.29, 0.717) is 26.2 Å². The molecule has 0 aromatic heterocycles. The van der Waals surface area contributed by atoms with Gasteiger partial charge >= 0.3 is 5.97 Å². The van der Waals surface area contributed by atoms with Crippen LogP contribution in [0.15, 0.2) is 24.3 Å². The molecule has 2 fully saturated rings. The van der Waals surface area contributed by atoms with Crippen molar-refractivity contribution in [2.45, 2.75) is 19.9 Å². The lowest BCUT2D eigenvalue weighted by atomic mass is 9.76. The molecular weight excluding hydrogens is 308 g/mol. The van der Waals surface area contributed by atoms with E-state index in [1.54, 1.807) is 0 Å². The lowest BCUT2D eigenvalue weighted by Gasteiger charge is -2.34. The molecule has 2 heterocycles. The van der Waals surface area contributed by atoms with E-state index in [0.717, 1.165) is 17.5 Å². The predicted octanol–water partition coefficient (Wildman–Crippen LogP) is 1.03. The van der Waals surface area contributed by atoms with Gasteiger partial charge in [0.2, 0.25) is 5.91 Å². The Morgan fingerprint density at radius 1 is 1.42 bits per heavy atom. The Bertz CT molecular complexity index is 633. The molecule has 2 aliphatic rings. The summed E-state index contributed by atoms with van der Waals surface area (Å²) in [6.07, 6.45) is 0.744. The maximum atomic E-state index is 12.2. The summed E-state index contributed by atoms with van der Waals surface area (Å²) in [7, 11) is 0. The Labute approximate surface area is 141 Å². The van der Waals surface area contributed by atoms with Gasteiger partial charge in [-0.25, -0.2) is 0 Å². The van der Waals surface area contributed by atoms with Gasteiger partial charge in [-0.3, -0.25) is 14.5 Å². The van der Waals surface area contributed by atoms with Gasteiger partial charge in [0.05, 0.1) is 13.2 Å². The van der Waals surface area contributed by atoms with Crippen molar-refractivity contribution in [3.8, 4) is 0 Å². The van der Waals surface area contributed by atoms with Crippen LogP contribution in [0.1, 0.15) is 17.5 Å². The van der Waals surface area contributed by atoms with Crippen LogP contribution in [0.2, 0.25) is 0 Å². The lowest BCUT2D eigenvalue weighted by Crippen LogP contribution is -2.46. The van der Waals surface area contributed by atoms with Crippen molar-refractivity contribution in [3.05, 3.63) is 35.4 Å². The molecule has 24 heavy (non-hydrogen) atoms. The first-order valence-corrected chi connectivity index (χ1v) is 8.36. The van der Waals surface area contributed by atoms with Crippen molar-refractivity contribution >= 4 is 11.9 Å². The molecule has 1 aromatic carbocycles. The number of hydrogen-bond acceptors (Lipinski definition) is 4. The van der Waals surface area contributed by atoms with Crippen molar-refractivity contribution in [1.82, 2.24) is 10.2 Å². The van der Waals surface area contributed by atoms with Gasteiger partial charge in [-0.2, -0.15) is 0 Å². The second-order valence-corrected chi connectivity index (χ2v) is 6.87. The van der Waals surface area contributed by atoms with Crippen LogP contribution in [-0.2, 0) is 20.9 Å². The standard InChI is InChI=1S/C18H24N2O4/c1-13-4-2-3-5-14(13)8-19-16(21)10-20-9-15-6-7-24-12-18(15,11-20)17(22)23/h2-5,15H,6-12H2,1H3,(H,19,21)(H,22,23)/t15-,18+/m0/s1. The zero-order valence-corrected chi connectivity index (χ0v) is 14.0. The number of ether oxygens (including phenoxy) is 1. The summed E-state index contributed by atoms with van der Waals surface area (Å²) in [5.74, 6) is -0.818. The van der Waals surface area contributed by atoms with E-state index < -0.39 is 11.4 Å². The summed E-state index contributed by atoms with van der Waals surface area (Å²) < 4.78 is 5.41. The third kappa shape index (κ3) is 3.30. The number of carboxylic acids is 1.